The molecule has 0 radical (unpaired) electrons. The average molecular weight is 262 g/mol. The Morgan fingerprint density at radius 2 is 1.95 bits per heavy atom. The number of ether oxygens (including phenoxy) is 1. The van der Waals surface area contributed by atoms with E-state index in [9.17, 15) is 9.65 Å². The highest BCUT2D eigenvalue weighted by Crippen LogP contribution is 2.22. The van der Waals surface area contributed by atoms with Crippen molar-refractivity contribution in [3.63, 3.8) is 0 Å². The maximum atomic E-state index is 12.8. The summed E-state index contributed by atoms with van der Waals surface area (Å²) in [7, 11) is 0. The highest BCUT2D eigenvalue weighted by molar-refractivity contribution is 5.18. The van der Waals surface area contributed by atoms with Gasteiger partial charge in [-0.25, -0.2) is 4.39 Å². The van der Waals surface area contributed by atoms with Crippen molar-refractivity contribution in [1.29, 1.82) is 5.26 Å². The maximum absolute atomic E-state index is 12.8. The molecule has 0 N–H and O–H groups in total. The summed E-state index contributed by atoms with van der Waals surface area (Å²) in [5.41, 5.74) is 0.592. The Morgan fingerprint density at radius 1 is 1.32 bits per heavy atom. The molecular weight excluding hydrogens is 243 g/mol. The van der Waals surface area contributed by atoms with Crippen LogP contribution in [-0.2, 0) is 11.2 Å². The molecule has 0 amide bonds. The van der Waals surface area contributed by atoms with E-state index in [0.29, 0.717) is 13.2 Å². The molecule has 1 unspecified atom stereocenters. The van der Waals surface area contributed by atoms with Crippen molar-refractivity contribution in [3.8, 4) is 6.07 Å². The van der Waals surface area contributed by atoms with Gasteiger partial charge in [0.1, 0.15) is 11.4 Å². The number of nitriles is 1. The molecule has 1 aromatic carbocycles. The van der Waals surface area contributed by atoms with Crippen LogP contribution in [0.1, 0.15) is 18.9 Å². The molecule has 1 aliphatic heterocycles. The molecular formula is C15H19FN2O. The van der Waals surface area contributed by atoms with Gasteiger partial charge < -0.3 is 4.74 Å². The Balaban J connectivity index is 1.98. The van der Waals surface area contributed by atoms with Crippen LogP contribution in [0, 0.1) is 17.1 Å². The summed E-state index contributed by atoms with van der Waals surface area (Å²) in [5, 5.41) is 9.47. The molecule has 1 aromatic rings. The first kappa shape index (κ1) is 14.0. The second-order valence-electron chi connectivity index (χ2n) is 5.11. The molecule has 3 nitrogen and oxygen atoms in total. The number of aryl methyl sites for hydroxylation is 1. The third kappa shape index (κ3) is 3.52. The van der Waals surface area contributed by atoms with Crippen molar-refractivity contribution >= 4 is 0 Å². The lowest BCUT2D eigenvalue weighted by Gasteiger charge is -2.38. The average Bonchev–Trinajstić information content (AvgIpc) is 2.47. The van der Waals surface area contributed by atoms with Crippen LogP contribution in [0.15, 0.2) is 24.3 Å². The van der Waals surface area contributed by atoms with E-state index in [1.54, 1.807) is 12.1 Å². The fourth-order valence-electron chi connectivity index (χ4n) is 2.38. The van der Waals surface area contributed by atoms with Gasteiger partial charge in [0.25, 0.3) is 0 Å². The first-order valence-corrected chi connectivity index (χ1v) is 6.62. The lowest BCUT2D eigenvalue weighted by Crippen LogP contribution is -2.51. The Bertz CT molecular complexity index is 448. The molecule has 1 fully saturated rings. The Labute approximate surface area is 113 Å². The predicted octanol–water partition coefficient (Wildman–Crippen LogP) is 2.37. The van der Waals surface area contributed by atoms with Crippen LogP contribution >= 0.6 is 0 Å². The van der Waals surface area contributed by atoms with Crippen LogP contribution in [0.2, 0.25) is 0 Å². The minimum atomic E-state index is -0.474. The second-order valence-corrected chi connectivity index (χ2v) is 5.11. The van der Waals surface area contributed by atoms with Crippen molar-refractivity contribution in [1.82, 2.24) is 4.90 Å². The molecule has 0 bridgehead atoms. The van der Waals surface area contributed by atoms with E-state index in [4.69, 9.17) is 4.74 Å². The minimum Gasteiger partial charge on any atom is -0.379 e. The summed E-state index contributed by atoms with van der Waals surface area (Å²) in [6, 6.07) is 8.93. The highest BCUT2D eigenvalue weighted by Gasteiger charge is 2.32. The van der Waals surface area contributed by atoms with Crippen LogP contribution < -0.4 is 0 Å². The molecule has 1 saturated heterocycles. The van der Waals surface area contributed by atoms with Gasteiger partial charge in [-0.05, 0) is 37.5 Å². The largest absolute Gasteiger partial charge is 0.379 e. The molecule has 0 saturated carbocycles. The van der Waals surface area contributed by atoms with Gasteiger partial charge in [-0.1, -0.05) is 12.1 Å². The van der Waals surface area contributed by atoms with Gasteiger partial charge in [0.05, 0.1) is 19.3 Å². The van der Waals surface area contributed by atoms with Crippen LogP contribution in [0.5, 0.6) is 0 Å². The number of hydrogen-bond acceptors (Lipinski definition) is 3. The SMILES string of the molecule is CC(C#N)(CCc1ccc(F)cc1)N1CCOCC1. The Morgan fingerprint density at radius 3 is 2.53 bits per heavy atom. The van der Waals surface area contributed by atoms with Crippen molar-refractivity contribution in [2.45, 2.75) is 25.3 Å². The standard InChI is InChI=1S/C15H19FN2O/c1-15(12-17,18-8-10-19-11-9-18)7-6-13-2-4-14(16)5-3-13/h2-5H,6-11H2,1H3. The van der Waals surface area contributed by atoms with E-state index in [1.165, 1.54) is 12.1 Å². The van der Waals surface area contributed by atoms with E-state index in [0.717, 1.165) is 31.5 Å². The fourth-order valence-corrected chi connectivity index (χ4v) is 2.38. The molecule has 102 valence electrons. The van der Waals surface area contributed by atoms with E-state index >= 15 is 0 Å². The van der Waals surface area contributed by atoms with Gasteiger partial charge in [0.2, 0.25) is 0 Å². The summed E-state index contributed by atoms with van der Waals surface area (Å²) in [4.78, 5) is 2.18. The minimum absolute atomic E-state index is 0.222. The summed E-state index contributed by atoms with van der Waals surface area (Å²) in [6.07, 6.45) is 1.52. The molecule has 4 heteroatoms. The summed E-state index contributed by atoms with van der Waals surface area (Å²) < 4.78 is 18.2. The zero-order chi connectivity index (χ0) is 13.7. The number of halogens is 1. The quantitative estimate of drug-likeness (QED) is 0.836. The molecule has 0 spiro atoms. The first-order valence-electron chi connectivity index (χ1n) is 6.62. The molecule has 1 heterocycles. The summed E-state index contributed by atoms with van der Waals surface area (Å²) in [6.45, 7) is 4.95. The van der Waals surface area contributed by atoms with E-state index in [1.807, 2.05) is 6.92 Å². The zero-order valence-corrected chi connectivity index (χ0v) is 11.2. The number of morpholine rings is 1. The van der Waals surface area contributed by atoms with Crippen LogP contribution in [0.3, 0.4) is 0 Å². The van der Waals surface area contributed by atoms with Crippen molar-refractivity contribution in [3.05, 3.63) is 35.6 Å². The van der Waals surface area contributed by atoms with Gasteiger partial charge in [-0.3, -0.25) is 4.90 Å². The Kier molecular flexibility index (Phi) is 4.52. The van der Waals surface area contributed by atoms with Crippen LogP contribution in [0.25, 0.3) is 0 Å². The normalized spacial score (nSPS) is 19.6. The number of nitrogens with zero attached hydrogens (tertiary/aromatic N) is 2. The molecule has 0 aliphatic carbocycles. The topological polar surface area (TPSA) is 36.3 Å². The maximum Gasteiger partial charge on any atom is 0.123 e. The molecule has 0 aromatic heterocycles. The smallest absolute Gasteiger partial charge is 0.123 e. The van der Waals surface area contributed by atoms with Gasteiger partial charge in [-0.15, -0.1) is 0 Å². The summed E-state index contributed by atoms with van der Waals surface area (Å²) in [5.74, 6) is -0.222. The molecule has 1 aliphatic rings. The van der Waals surface area contributed by atoms with Crippen molar-refractivity contribution in [2.24, 2.45) is 0 Å². The number of hydrogen-bond donors (Lipinski definition) is 0. The number of rotatable bonds is 4. The predicted molar refractivity (Wildman–Crippen MR) is 71.1 cm³/mol. The lowest BCUT2D eigenvalue weighted by atomic mass is 9.92. The Hall–Kier alpha value is -1.44. The third-order valence-electron chi connectivity index (χ3n) is 3.76. The van der Waals surface area contributed by atoms with Gasteiger partial charge in [0.15, 0.2) is 0 Å². The highest BCUT2D eigenvalue weighted by atomic mass is 19.1. The van der Waals surface area contributed by atoms with E-state index < -0.39 is 5.54 Å². The third-order valence-corrected chi connectivity index (χ3v) is 3.76. The second kappa shape index (κ2) is 6.14. The molecule has 2 rings (SSSR count). The fraction of sp³-hybridized carbons (Fsp3) is 0.533. The van der Waals surface area contributed by atoms with E-state index in [2.05, 4.69) is 11.0 Å². The molecule has 1 atom stereocenters. The monoisotopic (exact) mass is 262 g/mol. The van der Waals surface area contributed by atoms with Crippen LogP contribution in [-0.4, -0.2) is 36.7 Å². The van der Waals surface area contributed by atoms with Gasteiger partial charge >= 0.3 is 0 Å². The van der Waals surface area contributed by atoms with Gasteiger partial charge in [-0.2, -0.15) is 5.26 Å². The summed E-state index contributed by atoms with van der Waals surface area (Å²) >= 11 is 0. The van der Waals surface area contributed by atoms with Gasteiger partial charge in [0, 0.05) is 13.1 Å². The first-order chi connectivity index (χ1) is 9.14. The van der Waals surface area contributed by atoms with E-state index in [-0.39, 0.29) is 5.82 Å². The van der Waals surface area contributed by atoms with Crippen molar-refractivity contribution in [2.75, 3.05) is 26.3 Å². The molecule has 19 heavy (non-hydrogen) atoms. The van der Waals surface area contributed by atoms with Crippen molar-refractivity contribution < 1.29 is 9.13 Å². The lowest BCUT2D eigenvalue weighted by molar-refractivity contribution is -0.000449. The van der Waals surface area contributed by atoms with Crippen LogP contribution in [0.4, 0.5) is 4.39 Å². The number of benzene rings is 1. The zero-order valence-electron chi connectivity index (χ0n) is 11.2.